The summed E-state index contributed by atoms with van der Waals surface area (Å²) in [5, 5.41) is 0. The molecular formula is C29H37F3O. The van der Waals surface area contributed by atoms with Gasteiger partial charge in [-0.1, -0.05) is 38.0 Å². The highest BCUT2D eigenvalue weighted by Gasteiger charge is 2.29. The van der Waals surface area contributed by atoms with E-state index in [2.05, 4.69) is 6.92 Å². The van der Waals surface area contributed by atoms with Gasteiger partial charge in [-0.25, -0.2) is 13.2 Å². The number of rotatable bonds is 7. The SMILES string of the molecule is CCOc1ccc(CCC2CCC(c3ccc(C4CCC(C)CC4)c(F)c3F)CC2)c(F)c1. The fraction of sp³-hybridized carbons (Fsp3) is 0.586. The Hall–Kier alpha value is -1.97. The maximum atomic E-state index is 15.0. The van der Waals surface area contributed by atoms with Crippen LogP contribution in [0.3, 0.4) is 0 Å². The van der Waals surface area contributed by atoms with E-state index in [0.717, 1.165) is 63.4 Å². The summed E-state index contributed by atoms with van der Waals surface area (Å²) in [5.41, 5.74) is 1.85. The van der Waals surface area contributed by atoms with Gasteiger partial charge in [0.15, 0.2) is 11.6 Å². The Balaban J connectivity index is 1.32. The number of aryl methyl sites for hydroxylation is 1. The summed E-state index contributed by atoms with van der Waals surface area (Å²) in [6.45, 7) is 4.64. The van der Waals surface area contributed by atoms with Crippen LogP contribution in [0, 0.1) is 29.3 Å². The minimum absolute atomic E-state index is 0.0818. The average molecular weight is 459 g/mol. The molecule has 2 fully saturated rings. The van der Waals surface area contributed by atoms with Crippen LogP contribution in [0.4, 0.5) is 13.2 Å². The maximum Gasteiger partial charge on any atom is 0.162 e. The molecule has 0 heterocycles. The highest BCUT2D eigenvalue weighted by Crippen LogP contribution is 2.42. The van der Waals surface area contributed by atoms with Gasteiger partial charge in [0.2, 0.25) is 0 Å². The molecule has 0 aromatic heterocycles. The van der Waals surface area contributed by atoms with E-state index in [9.17, 15) is 8.78 Å². The first-order valence-electron chi connectivity index (χ1n) is 12.8. The van der Waals surface area contributed by atoms with Crippen LogP contribution in [0.5, 0.6) is 5.75 Å². The van der Waals surface area contributed by atoms with Gasteiger partial charge in [-0.3, -0.25) is 0 Å². The van der Waals surface area contributed by atoms with Gasteiger partial charge in [-0.2, -0.15) is 0 Å². The van der Waals surface area contributed by atoms with Gasteiger partial charge in [0, 0.05) is 6.07 Å². The molecule has 33 heavy (non-hydrogen) atoms. The molecule has 4 heteroatoms. The van der Waals surface area contributed by atoms with Gasteiger partial charge in [-0.05, 0) is 105 Å². The van der Waals surface area contributed by atoms with Crippen molar-refractivity contribution in [3.63, 3.8) is 0 Å². The van der Waals surface area contributed by atoms with E-state index in [0.29, 0.717) is 41.7 Å². The van der Waals surface area contributed by atoms with Crippen molar-refractivity contribution in [1.29, 1.82) is 0 Å². The number of hydrogen-bond acceptors (Lipinski definition) is 1. The Kier molecular flexibility index (Phi) is 8.03. The summed E-state index contributed by atoms with van der Waals surface area (Å²) in [7, 11) is 0. The molecule has 0 unspecified atom stereocenters. The summed E-state index contributed by atoms with van der Waals surface area (Å²) in [6.07, 6.45) is 9.42. The minimum Gasteiger partial charge on any atom is -0.494 e. The molecule has 0 spiro atoms. The Morgan fingerprint density at radius 3 is 1.91 bits per heavy atom. The number of ether oxygens (including phenoxy) is 1. The molecule has 0 saturated heterocycles. The molecule has 1 nitrogen and oxygen atoms in total. The second-order valence-corrected chi connectivity index (χ2v) is 10.3. The van der Waals surface area contributed by atoms with E-state index in [1.807, 2.05) is 31.2 Å². The molecule has 0 N–H and O–H groups in total. The summed E-state index contributed by atoms with van der Waals surface area (Å²) >= 11 is 0. The predicted octanol–water partition coefficient (Wildman–Crippen LogP) is 8.70. The van der Waals surface area contributed by atoms with Crippen molar-refractivity contribution in [3.8, 4) is 5.75 Å². The second kappa shape index (κ2) is 11.0. The highest BCUT2D eigenvalue weighted by molar-refractivity contribution is 5.32. The van der Waals surface area contributed by atoms with Crippen LogP contribution < -0.4 is 4.74 Å². The van der Waals surface area contributed by atoms with Crippen LogP contribution in [0.2, 0.25) is 0 Å². The first-order valence-corrected chi connectivity index (χ1v) is 12.8. The zero-order valence-corrected chi connectivity index (χ0v) is 20.0. The smallest absolute Gasteiger partial charge is 0.162 e. The van der Waals surface area contributed by atoms with E-state index in [1.165, 1.54) is 6.07 Å². The largest absolute Gasteiger partial charge is 0.494 e. The second-order valence-electron chi connectivity index (χ2n) is 10.3. The van der Waals surface area contributed by atoms with Crippen molar-refractivity contribution in [2.75, 3.05) is 6.61 Å². The third kappa shape index (κ3) is 5.75. The number of benzene rings is 2. The van der Waals surface area contributed by atoms with Gasteiger partial charge in [0.25, 0.3) is 0 Å². The Morgan fingerprint density at radius 1 is 0.788 bits per heavy atom. The lowest BCUT2D eigenvalue weighted by atomic mass is 9.75. The van der Waals surface area contributed by atoms with E-state index in [4.69, 9.17) is 4.74 Å². The summed E-state index contributed by atoms with van der Waals surface area (Å²) in [4.78, 5) is 0. The van der Waals surface area contributed by atoms with Gasteiger partial charge in [-0.15, -0.1) is 0 Å². The van der Waals surface area contributed by atoms with Crippen molar-refractivity contribution in [2.45, 2.75) is 89.9 Å². The summed E-state index contributed by atoms with van der Waals surface area (Å²) in [6, 6.07) is 8.82. The standard InChI is InChI=1S/C29H37F3O/c1-3-33-24-15-14-23(27(30)18-24)13-8-20-6-11-22(12-7-20)26-17-16-25(28(31)29(26)32)21-9-4-19(2)5-10-21/h14-22H,3-13H2,1-2H3. The summed E-state index contributed by atoms with van der Waals surface area (Å²) in [5.74, 6) is 0.559. The molecule has 0 amide bonds. The first-order chi connectivity index (χ1) is 16.0. The zero-order chi connectivity index (χ0) is 23.4. The highest BCUT2D eigenvalue weighted by atomic mass is 19.2. The van der Waals surface area contributed by atoms with E-state index < -0.39 is 11.6 Å². The molecule has 0 atom stereocenters. The molecule has 2 aromatic rings. The van der Waals surface area contributed by atoms with Crippen molar-refractivity contribution in [1.82, 2.24) is 0 Å². The zero-order valence-electron chi connectivity index (χ0n) is 20.0. The Bertz CT molecular complexity index is 925. The fourth-order valence-electron chi connectivity index (χ4n) is 5.89. The Labute approximate surface area is 196 Å². The monoisotopic (exact) mass is 458 g/mol. The van der Waals surface area contributed by atoms with Crippen LogP contribution in [-0.2, 0) is 6.42 Å². The van der Waals surface area contributed by atoms with Crippen LogP contribution >= 0.6 is 0 Å². The molecule has 0 radical (unpaired) electrons. The van der Waals surface area contributed by atoms with Gasteiger partial charge >= 0.3 is 0 Å². The lowest BCUT2D eigenvalue weighted by Gasteiger charge is -2.30. The molecule has 2 saturated carbocycles. The normalized spacial score (nSPS) is 25.7. The molecular weight excluding hydrogens is 421 g/mol. The average Bonchev–Trinajstić information content (AvgIpc) is 2.82. The van der Waals surface area contributed by atoms with Crippen LogP contribution in [0.15, 0.2) is 30.3 Å². The Morgan fingerprint density at radius 2 is 1.36 bits per heavy atom. The van der Waals surface area contributed by atoms with Crippen molar-refractivity contribution in [2.24, 2.45) is 11.8 Å². The van der Waals surface area contributed by atoms with Crippen LogP contribution in [0.1, 0.15) is 100 Å². The van der Waals surface area contributed by atoms with Crippen molar-refractivity contribution in [3.05, 3.63) is 64.5 Å². The topological polar surface area (TPSA) is 9.23 Å². The maximum absolute atomic E-state index is 15.0. The van der Waals surface area contributed by atoms with Gasteiger partial charge in [0.05, 0.1) is 6.61 Å². The molecule has 0 bridgehead atoms. The lowest BCUT2D eigenvalue weighted by molar-refractivity contribution is 0.302. The third-order valence-corrected chi connectivity index (χ3v) is 8.04. The number of hydrogen-bond donors (Lipinski definition) is 0. The minimum atomic E-state index is -0.619. The van der Waals surface area contributed by atoms with Crippen LogP contribution in [-0.4, -0.2) is 6.61 Å². The molecule has 4 rings (SSSR count). The van der Waals surface area contributed by atoms with Crippen molar-refractivity contribution >= 4 is 0 Å². The fourth-order valence-corrected chi connectivity index (χ4v) is 5.89. The van der Waals surface area contributed by atoms with Crippen LogP contribution in [0.25, 0.3) is 0 Å². The molecule has 2 aliphatic carbocycles. The quantitative estimate of drug-likeness (QED) is 0.403. The third-order valence-electron chi connectivity index (χ3n) is 8.04. The van der Waals surface area contributed by atoms with E-state index in [1.54, 1.807) is 0 Å². The van der Waals surface area contributed by atoms with E-state index in [-0.39, 0.29) is 17.7 Å². The van der Waals surface area contributed by atoms with Gasteiger partial charge < -0.3 is 4.74 Å². The predicted molar refractivity (Wildman–Crippen MR) is 127 cm³/mol. The number of halogens is 3. The lowest BCUT2D eigenvalue weighted by Crippen LogP contribution is -2.17. The molecule has 2 aliphatic rings. The van der Waals surface area contributed by atoms with Crippen molar-refractivity contribution < 1.29 is 17.9 Å². The molecule has 2 aromatic carbocycles. The molecule has 180 valence electrons. The van der Waals surface area contributed by atoms with E-state index >= 15 is 4.39 Å². The first kappa shape index (κ1) is 24.2. The molecule has 0 aliphatic heterocycles. The van der Waals surface area contributed by atoms with Gasteiger partial charge in [0.1, 0.15) is 11.6 Å². The summed E-state index contributed by atoms with van der Waals surface area (Å²) < 4.78 is 49.7.